The number of hydrogen-bond acceptors (Lipinski definition) is 8. The molecule has 1 aliphatic heterocycles. The van der Waals surface area contributed by atoms with Crippen LogP contribution in [0, 0.1) is 62.1 Å². The lowest BCUT2D eigenvalue weighted by Gasteiger charge is -2.72. The average molecular weight is 911 g/mol. The Morgan fingerprint density at radius 1 is 0.773 bits per heavy atom. The minimum atomic E-state index is -1.20. The molecule has 8 rings (SSSR count). The van der Waals surface area contributed by atoms with Crippen molar-refractivity contribution in [3.63, 3.8) is 0 Å². The maximum absolute atomic E-state index is 14.8. The predicted molar refractivity (Wildman–Crippen MR) is 259 cm³/mol. The first-order valence-electron chi connectivity index (χ1n) is 26.0. The number of nitrogens with zero attached hydrogens (tertiary/aromatic N) is 1. The monoisotopic (exact) mass is 911 g/mol. The molecule has 1 aromatic rings. The maximum Gasteiger partial charge on any atom is 0.323 e. The number of likely N-dealkylation sites (tertiary alicyclic amines) is 1. The molecular weight excluding hydrogens is 828 g/mol. The van der Waals surface area contributed by atoms with Crippen molar-refractivity contribution in [2.45, 2.75) is 157 Å². The summed E-state index contributed by atoms with van der Waals surface area (Å²) < 4.78 is 31.4. The van der Waals surface area contributed by atoms with Crippen LogP contribution in [0.15, 0.2) is 65.8 Å². The number of benzene rings is 1. The molecule has 8 nitrogen and oxygen atoms in total. The molecule has 0 spiro atoms. The van der Waals surface area contributed by atoms with E-state index in [2.05, 4.69) is 70.5 Å². The Labute approximate surface area is 396 Å². The fourth-order valence-corrected chi connectivity index (χ4v) is 16.6. The Balaban J connectivity index is 0.961. The summed E-state index contributed by atoms with van der Waals surface area (Å²) in [7, 11) is 0. The molecule has 1 N–H and O–H groups in total. The second-order valence-corrected chi connectivity index (χ2v) is 23.6. The van der Waals surface area contributed by atoms with E-state index in [1.807, 2.05) is 30.3 Å². The topological polar surface area (TPSA) is 94.2 Å². The fraction of sp³-hybridized carbons (Fsp3) is 0.737. The maximum atomic E-state index is 14.8. The van der Waals surface area contributed by atoms with Crippen LogP contribution in [0.4, 0.5) is 4.39 Å². The highest BCUT2D eigenvalue weighted by Gasteiger charge is 2.70. The van der Waals surface area contributed by atoms with Crippen LogP contribution in [-0.2, 0) is 35.2 Å². The molecule has 7 aliphatic rings. The van der Waals surface area contributed by atoms with E-state index in [1.165, 1.54) is 68.1 Å². The zero-order valence-electron chi connectivity index (χ0n) is 42.0. The zero-order chi connectivity index (χ0) is 47.3. The summed E-state index contributed by atoms with van der Waals surface area (Å²) >= 11 is 0. The number of alkyl halides is 1. The van der Waals surface area contributed by atoms with Crippen molar-refractivity contribution >= 4 is 17.9 Å². The number of carbonyl (C=O) groups is 3. The van der Waals surface area contributed by atoms with Gasteiger partial charge in [-0.2, -0.15) is 0 Å². The number of nitrogens with one attached hydrogen (secondary N) is 1. The number of piperidine rings is 1. The molecule has 4 saturated carbocycles. The van der Waals surface area contributed by atoms with Gasteiger partial charge in [0, 0.05) is 18.6 Å². The SMILES string of the molecule is C=C(C)[C@@H]1CC[C@]2(NCCN3CCC(C(=O)OCC)(C(=O)OCC)CC3)CC[C@]3(C)[C@H](CC[C@@H]4[C@@]5(C)CC=C(C6=CC[C@@](CF)(C(=O)OCc7ccccc7)CC6)C(C)(C)[C@@H]5CC[C@]43C)C12. The lowest BCUT2D eigenvalue weighted by atomic mass is 9.33. The van der Waals surface area contributed by atoms with Crippen LogP contribution in [0.2, 0.25) is 0 Å². The third-order valence-corrected chi connectivity index (χ3v) is 20.5. The second kappa shape index (κ2) is 18.6. The number of hydrogen-bond donors (Lipinski definition) is 1. The summed E-state index contributed by atoms with van der Waals surface area (Å²) in [5.41, 5.74) is 3.38. The molecule has 1 unspecified atom stereocenters. The van der Waals surface area contributed by atoms with Crippen LogP contribution < -0.4 is 5.32 Å². The van der Waals surface area contributed by atoms with Gasteiger partial charge in [-0.15, -0.1) is 0 Å². The lowest BCUT2D eigenvalue weighted by molar-refractivity contribution is -0.221. The van der Waals surface area contributed by atoms with E-state index in [1.54, 1.807) is 13.8 Å². The molecule has 0 radical (unpaired) electrons. The minimum Gasteiger partial charge on any atom is -0.465 e. The normalized spacial score (nSPS) is 38.0. The summed E-state index contributed by atoms with van der Waals surface area (Å²) in [5, 5.41) is 4.27. The number of rotatable bonds is 14. The van der Waals surface area contributed by atoms with E-state index in [0.29, 0.717) is 74.8 Å². The van der Waals surface area contributed by atoms with Gasteiger partial charge in [-0.3, -0.25) is 14.4 Å². The number of fused-ring (bicyclic) bond motifs is 7. The van der Waals surface area contributed by atoms with Gasteiger partial charge < -0.3 is 24.4 Å². The largest absolute Gasteiger partial charge is 0.465 e. The van der Waals surface area contributed by atoms with Crippen molar-refractivity contribution in [1.29, 1.82) is 0 Å². The standard InChI is InChI=1S/C57H83FN2O6/c1-10-64-49(62)56(50(63)65-11-2)31-34-60(35-32-56)36-33-59-57-28-21-42(39(3)4)47(57)44-17-18-46-52(7)24-22-43(51(5,6)45(52)23-25-54(46,9)53(44,8)29-30-57)41-19-26-55(38-58,27-20-41)48(61)66-37-40-15-13-12-14-16-40/h12-16,19,22,42,44-47,59H,3,10-11,17-18,20-21,23-38H2,1-2,4-9H3/t42-,44+,45-,46+,47?,52-,53+,54+,55+,57-/m0/s1. The summed E-state index contributed by atoms with van der Waals surface area (Å²) in [5.74, 6) is 1.57. The third kappa shape index (κ3) is 7.98. The predicted octanol–water partition coefficient (Wildman–Crippen LogP) is 11.5. The van der Waals surface area contributed by atoms with Crippen molar-refractivity contribution in [1.82, 2.24) is 10.2 Å². The number of carbonyl (C=O) groups excluding carboxylic acids is 3. The molecule has 9 heteroatoms. The molecule has 6 aliphatic carbocycles. The van der Waals surface area contributed by atoms with Gasteiger partial charge >= 0.3 is 17.9 Å². The third-order valence-electron chi connectivity index (χ3n) is 20.5. The Hall–Kier alpha value is -3.30. The number of allylic oxidation sites excluding steroid dienone is 5. The van der Waals surface area contributed by atoms with Crippen molar-refractivity contribution in [2.75, 3.05) is 46.1 Å². The van der Waals surface area contributed by atoms with Gasteiger partial charge in [0.15, 0.2) is 5.41 Å². The van der Waals surface area contributed by atoms with Gasteiger partial charge in [0.05, 0.1) is 18.6 Å². The Kier molecular flexibility index (Phi) is 13.8. The van der Waals surface area contributed by atoms with E-state index < -0.39 is 35.4 Å². The van der Waals surface area contributed by atoms with E-state index in [9.17, 15) is 18.8 Å². The van der Waals surface area contributed by atoms with Gasteiger partial charge in [0.25, 0.3) is 0 Å². The molecule has 0 aromatic heterocycles. The van der Waals surface area contributed by atoms with Crippen LogP contribution in [0.5, 0.6) is 0 Å². The van der Waals surface area contributed by atoms with Crippen LogP contribution in [0.25, 0.3) is 0 Å². The molecule has 10 atom stereocenters. The molecule has 0 amide bonds. The average Bonchev–Trinajstić information content (AvgIpc) is 3.69. The van der Waals surface area contributed by atoms with Crippen LogP contribution in [0.3, 0.4) is 0 Å². The summed E-state index contributed by atoms with van der Waals surface area (Å²) in [6.07, 6.45) is 18.1. The fourth-order valence-electron chi connectivity index (χ4n) is 16.6. The molecular formula is C57H83FN2O6. The lowest BCUT2D eigenvalue weighted by Crippen LogP contribution is -2.68. The summed E-state index contributed by atoms with van der Waals surface area (Å²) in [4.78, 5) is 42.1. The van der Waals surface area contributed by atoms with E-state index >= 15 is 0 Å². The minimum absolute atomic E-state index is 0.0307. The first kappa shape index (κ1) is 49.1. The molecule has 1 heterocycles. The van der Waals surface area contributed by atoms with Crippen molar-refractivity contribution in [3.05, 3.63) is 71.3 Å². The Morgan fingerprint density at radius 3 is 2.09 bits per heavy atom. The first-order chi connectivity index (χ1) is 31.4. The second-order valence-electron chi connectivity index (χ2n) is 23.6. The highest BCUT2D eigenvalue weighted by molar-refractivity contribution is 6.00. The molecule has 1 saturated heterocycles. The first-order valence-corrected chi connectivity index (χ1v) is 26.0. The van der Waals surface area contributed by atoms with E-state index in [0.717, 1.165) is 25.1 Å². The van der Waals surface area contributed by atoms with Gasteiger partial charge in [0.1, 0.15) is 13.3 Å². The van der Waals surface area contributed by atoms with Gasteiger partial charge in [0.2, 0.25) is 0 Å². The van der Waals surface area contributed by atoms with Gasteiger partial charge in [-0.25, -0.2) is 4.39 Å². The van der Waals surface area contributed by atoms with E-state index in [-0.39, 0.29) is 47.0 Å². The summed E-state index contributed by atoms with van der Waals surface area (Å²) in [6.45, 7) is 26.6. The number of ether oxygens (including phenoxy) is 3. The van der Waals surface area contributed by atoms with Crippen LogP contribution >= 0.6 is 0 Å². The quantitative estimate of drug-likeness (QED) is 0.0854. The number of halogens is 1. The van der Waals surface area contributed by atoms with Crippen LogP contribution in [0.1, 0.15) is 151 Å². The zero-order valence-corrected chi connectivity index (χ0v) is 42.0. The molecule has 0 bridgehead atoms. The molecule has 66 heavy (non-hydrogen) atoms. The number of esters is 3. The molecule has 364 valence electrons. The van der Waals surface area contributed by atoms with Gasteiger partial charge in [-0.05, 0) is 192 Å². The highest BCUT2D eigenvalue weighted by atomic mass is 19.1. The Morgan fingerprint density at radius 2 is 1.47 bits per heavy atom. The van der Waals surface area contributed by atoms with Gasteiger partial charge in [-0.1, -0.05) is 89.3 Å². The Bertz CT molecular complexity index is 2040. The van der Waals surface area contributed by atoms with Crippen molar-refractivity contribution < 1.29 is 33.0 Å². The molecule has 5 fully saturated rings. The highest BCUT2D eigenvalue weighted by Crippen LogP contribution is 2.76. The van der Waals surface area contributed by atoms with E-state index in [4.69, 9.17) is 14.2 Å². The smallest absolute Gasteiger partial charge is 0.323 e. The molecule has 1 aromatic carbocycles. The van der Waals surface area contributed by atoms with Crippen molar-refractivity contribution in [3.8, 4) is 0 Å². The summed E-state index contributed by atoms with van der Waals surface area (Å²) in [6, 6.07) is 9.66. The van der Waals surface area contributed by atoms with Crippen molar-refractivity contribution in [2.24, 2.45) is 62.1 Å². The van der Waals surface area contributed by atoms with Crippen LogP contribution in [-0.4, -0.2) is 74.4 Å².